The molecule has 1 saturated carbocycles. The van der Waals surface area contributed by atoms with E-state index < -0.39 is 0 Å². The molecule has 4 nitrogen and oxygen atoms in total. The van der Waals surface area contributed by atoms with E-state index >= 15 is 0 Å². The summed E-state index contributed by atoms with van der Waals surface area (Å²) in [7, 11) is 0. The van der Waals surface area contributed by atoms with Gasteiger partial charge in [0, 0.05) is 17.8 Å². The normalized spacial score (nSPS) is 14.9. The Morgan fingerprint density at radius 2 is 2.00 bits per heavy atom. The van der Waals surface area contributed by atoms with Crippen molar-refractivity contribution in [1.29, 1.82) is 0 Å². The molecule has 0 saturated heterocycles. The van der Waals surface area contributed by atoms with Crippen molar-refractivity contribution in [1.82, 2.24) is 14.5 Å². The van der Waals surface area contributed by atoms with Gasteiger partial charge in [0.05, 0.1) is 6.33 Å². The van der Waals surface area contributed by atoms with Crippen molar-refractivity contribution >= 4 is 11.0 Å². The van der Waals surface area contributed by atoms with Gasteiger partial charge in [-0.2, -0.15) is 0 Å². The van der Waals surface area contributed by atoms with Crippen LogP contribution in [0, 0.1) is 0 Å². The van der Waals surface area contributed by atoms with Crippen LogP contribution in [0.2, 0.25) is 0 Å². The van der Waals surface area contributed by atoms with E-state index in [1.54, 1.807) is 10.9 Å². The van der Waals surface area contributed by atoms with E-state index in [1.165, 1.54) is 0 Å². The van der Waals surface area contributed by atoms with Gasteiger partial charge in [-0.05, 0) is 18.4 Å². The third kappa shape index (κ3) is 1.60. The Kier molecular flexibility index (Phi) is 2.12. The molecular formula is C15H13N3O. The number of H-pyrrole nitrogens is 1. The van der Waals surface area contributed by atoms with Crippen LogP contribution in [0.15, 0.2) is 47.7 Å². The predicted octanol–water partition coefficient (Wildman–Crippen LogP) is 2.73. The molecule has 0 amide bonds. The van der Waals surface area contributed by atoms with Crippen molar-refractivity contribution in [3.8, 4) is 11.1 Å². The second-order valence-corrected chi connectivity index (χ2v) is 4.98. The largest absolute Gasteiger partial charge is 0.355 e. The summed E-state index contributed by atoms with van der Waals surface area (Å²) in [4.78, 5) is 19.9. The standard InChI is InChI=1S/C15H13N3O/c19-15-14-13(17-9-18(15)11-6-7-11)12(8-16-14)10-4-2-1-3-5-10/h1-5,8-9,11,16H,6-7H2. The molecule has 0 spiro atoms. The highest BCUT2D eigenvalue weighted by Crippen LogP contribution is 2.34. The minimum Gasteiger partial charge on any atom is -0.355 e. The molecule has 0 unspecified atom stereocenters. The number of aromatic nitrogens is 3. The number of rotatable bonds is 2. The van der Waals surface area contributed by atoms with Crippen molar-refractivity contribution in [2.24, 2.45) is 0 Å². The summed E-state index contributed by atoms with van der Waals surface area (Å²) in [6.07, 6.45) is 5.72. The Morgan fingerprint density at radius 3 is 2.74 bits per heavy atom. The van der Waals surface area contributed by atoms with E-state index in [0.717, 1.165) is 29.5 Å². The average molecular weight is 251 g/mol. The Morgan fingerprint density at radius 1 is 1.21 bits per heavy atom. The highest BCUT2D eigenvalue weighted by atomic mass is 16.1. The molecule has 0 aliphatic heterocycles. The SMILES string of the molecule is O=c1c2[nH]cc(-c3ccccc3)c2ncn1C1CC1. The van der Waals surface area contributed by atoms with Crippen LogP contribution in [0.3, 0.4) is 0 Å². The van der Waals surface area contributed by atoms with Gasteiger partial charge in [0.25, 0.3) is 5.56 Å². The quantitative estimate of drug-likeness (QED) is 0.761. The maximum Gasteiger partial charge on any atom is 0.277 e. The summed E-state index contributed by atoms with van der Waals surface area (Å²) < 4.78 is 1.74. The monoisotopic (exact) mass is 251 g/mol. The van der Waals surface area contributed by atoms with Crippen molar-refractivity contribution in [2.45, 2.75) is 18.9 Å². The molecule has 1 aromatic carbocycles. The molecule has 4 rings (SSSR count). The van der Waals surface area contributed by atoms with Gasteiger partial charge in [0.2, 0.25) is 0 Å². The Bertz CT molecular complexity index is 797. The van der Waals surface area contributed by atoms with Crippen molar-refractivity contribution in [3.05, 3.63) is 53.2 Å². The third-order valence-corrected chi connectivity index (χ3v) is 3.64. The number of benzene rings is 1. The zero-order chi connectivity index (χ0) is 12.8. The average Bonchev–Trinajstić information content (AvgIpc) is 3.19. The zero-order valence-corrected chi connectivity index (χ0v) is 10.3. The van der Waals surface area contributed by atoms with Gasteiger partial charge >= 0.3 is 0 Å². The minimum atomic E-state index is 0.0367. The van der Waals surface area contributed by atoms with Crippen LogP contribution in [-0.4, -0.2) is 14.5 Å². The maximum atomic E-state index is 12.3. The van der Waals surface area contributed by atoms with Crippen LogP contribution in [-0.2, 0) is 0 Å². The molecule has 2 aromatic heterocycles. The molecule has 1 aliphatic carbocycles. The Balaban J connectivity index is 1.96. The summed E-state index contributed by atoms with van der Waals surface area (Å²) in [6, 6.07) is 10.4. The van der Waals surface area contributed by atoms with E-state index in [9.17, 15) is 4.79 Å². The number of hydrogen-bond donors (Lipinski definition) is 1. The first kappa shape index (κ1) is 10.6. The van der Waals surface area contributed by atoms with Gasteiger partial charge in [-0.3, -0.25) is 9.36 Å². The Labute approximate surface area is 109 Å². The Hall–Kier alpha value is -2.36. The molecule has 0 atom stereocenters. The molecule has 0 radical (unpaired) electrons. The molecule has 1 fully saturated rings. The molecule has 4 heteroatoms. The molecule has 1 N–H and O–H groups in total. The van der Waals surface area contributed by atoms with Gasteiger partial charge in [-0.25, -0.2) is 4.98 Å². The van der Waals surface area contributed by atoms with Gasteiger partial charge in [-0.1, -0.05) is 30.3 Å². The lowest BCUT2D eigenvalue weighted by Crippen LogP contribution is -2.19. The van der Waals surface area contributed by atoms with Crippen LogP contribution in [0.4, 0.5) is 0 Å². The summed E-state index contributed by atoms with van der Waals surface area (Å²) in [5, 5.41) is 0. The van der Waals surface area contributed by atoms with Crippen molar-refractivity contribution in [3.63, 3.8) is 0 Å². The first-order valence-corrected chi connectivity index (χ1v) is 6.48. The molecule has 1 aliphatic rings. The zero-order valence-electron chi connectivity index (χ0n) is 10.3. The number of aromatic amines is 1. The fourth-order valence-electron chi connectivity index (χ4n) is 2.46. The highest BCUT2D eigenvalue weighted by molar-refractivity contribution is 5.91. The van der Waals surface area contributed by atoms with Crippen LogP contribution < -0.4 is 5.56 Å². The van der Waals surface area contributed by atoms with Crippen LogP contribution in [0.25, 0.3) is 22.2 Å². The second kappa shape index (κ2) is 3.82. The summed E-state index contributed by atoms with van der Waals surface area (Å²) in [5.41, 5.74) is 3.46. The first-order valence-electron chi connectivity index (χ1n) is 6.48. The number of hydrogen-bond acceptors (Lipinski definition) is 2. The fourth-order valence-corrected chi connectivity index (χ4v) is 2.46. The number of nitrogens with one attached hydrogen (secondary N) is 1. The van der Waals surface area contributed by atoms with Gasteiger partial charge in [-0.15, -0.1) is 0 Å². The number of fused-ring (bicyclic) bond motifs is 1. The van der Waals surface area contributed by atoms with Crippen LogP contribution in [0.1, 0.15) is 18.9 Å². The smallest absolute Gasteiger partial charge is 0.277 e. The van der Waals surface area contributed by atoms with E-state index in [4.69, 9.17) is 0 Å². The molecule has 2 heterocycles. The molecule has 3 aromatic rings. The lowest BCUT2D eigenvalue weighted by molar-refractivity contribution is 0.697. The second-order valence-electron chi connectivity index (χ2n) is 4.98. The summed E-state index contributed by atoms with van der Waals surface area (Å²) in [5.74, 6) is 0. The summed E-state index contributed by atoms with van der Waals surface area (Å²) >= 11 is 0. The van der Waals surface area contributed by atoms with E-state index in [2.05, 4.69) is 9.97 Å². The fraction of sp³-hybridized carbons (Fsp3) is 0.200. The summed E-state index contributed by atoms with van der Waals surface area (Å²) in [6.45, 7) is 0. The van der Waals surface area contributed by atoms with Gasteiger partial charge in [0.1, 0.15) is 11.0 Å². The lowest BCUT2D eigenvalue weighted by Gasteiger charge is -2.02. The van der Waals surface area contributed by atoms with E-state index in [1.807, 2.05) is 36.5 Å². The van der Waals surface area contributed by atoms with Crippen molar-refractivity contribution < 1.29 is 0 Å². The molecule has 0 bridgehead atoms. The maximum absolute atomic E-state index is 12.3. The van der Waals surface area contributed by atoms with Gasteiger partial charge < -0.3 is 4.98 Å². The predicted molar refractivity (Wildman–Crippen MR) is 74.1 cm³/mol. The highest BCUT2D eigenvalue weighted by Gasteiger charge is 2.25. The van der Waals surface area contributed by atoms with Crippen LogP contribution >= 0.6 is 0 Å². The molecule has 94 valence electrons. The van der Waals surface area contributed by atoms with Crippen molar-refractivity contribution in [2.75, 3.05) is 0 Å². The van der Waals surface area contributed by atoms with Gasteiger partial charge in [0.15, 0.2) is 0 Å². The molecular weight excluding hydrogens is 238 g/mol. The number of nitrogens with zero attached hydrogens (tertiary/aromatic N) is 2. The lowest BCUT2D eigenvalue weighted by atomic mass is 10.1. The topological polar surface area (TPSA) is 50.7 Å². The minimum absolute atomic E-state index is 0.0367. The third-order valence-electron chi connectivity index (χ3n) is 3.64. The van der Waals surface area contributed by atoms with Crippen LogP contribution in [0.5, 0.6) is 0 Å². The first-order chi connectivity index (χ1) is 9.34. The molecule has 19 heavy (non-hydrogen) atoms. The van der Waals surface area contributed by atoms with E-state index in [-0.39, 0.29) is 5.56 Å². The van der Waals surface area contributed by atoms with E-state index in [0.29, 0.717) is 11.6 Å².